The molecule has 118 valence electrons. The Kier molecular flexibility index (Phi) is 3.93. The highest BCUT2D eigenvalue weighted by molar-refractivity contribution is 5.85. The number of aromatic amines is 1. The molecule has 0 radical (unpaired) electrons. The van der Waals surface area contributed by atoms with Gasteiger partial charge in [-0.3, -0.25) is 0 Å². The maximum Gasteiger partial charge on any atom is 0.0488 e. The predicted octanol–water partition coefficient (Wildman–Crippen LogP) is 3.54. The molecular weight excluding hydrogens is 270 g/mol. The van der Waals surface area contributed by atoms with E-state index >= 15 is 0 Å². The molecule has 3 nitrogen and oxygen atoms in total. The fourth-order valence-corrected chi connectivity index (χ4v) is 4.17. The second kappa shape index (κ2) is 6.05. The zero-order chi connectivity index (χ0) is 14.9. The average molecular weight is 297 g/mol. The van der Waals surface area contributed by atoms with Gasteiger partial charge in [0.25, 0.3) is 0 Å². The van der Waals surface area contributed by atoms with Gasteiger partial charge in [0, 0.05) is 22.6 Å². The van der Waals surface area contributed by atoms with Gasteiger partial charge in [-0.15, -0.1) is 0 Å². The summed E-state index contributed by atoms with van der Waals surface area (Å²) in [6, 6.07) is 7.32. The van der Waals surface area contributed by atoms with E-state index in [1.807, 2.05) is 0 Å². The first kappa shape index (κ1) is 14.3. The molecule has 4 rings (SSSR count). The lowest BCUT2D eigenvalue weighted by atomic mass is 9.96. The van der Waals surface area contributed by atoms with Gasteiger partial charge in [-0.25, -0.2) is 0 Å². The first-order valence-electron chi connectivity index (χ1n) is 8.88. The van der Waals surface area contributed by atoms with E-state index in [4.69, 9.17) is 0 Å². The van der Waals surface area contributed by atoms with Crippen molar-refractivity contribution in [3.05, 3.63) is 35.0 Å². The first-order chi connectivity index (χ1) is 10.8. The van der Waals surface area contributed by atoms with E-state index in [-0.39, 0.29) is 0 Å². The highest BCUT2D eigenvalue weighted by atomic mass is 15.1. The van der Waals surface area contributed by atoms with Gasteiger partial charge in [0.1, 0.15) is 0 Å². The number of rotatable bonds is 3. The fraction of sp³-hybridized carbons (Fsp3) is 0.579. The van der Waals surface area contributed by atoms with Crippen LogP contribution >= 0.6 is 0 Å². The molecule has 2 aliphatic heterocycles. The number of nitrogens with one attached hydrogen (secondary N) is 2. The van der Waals surface area contributed by atoms with Crippen LogP contribution in [0, 0.1) is 6.92 Å². The normalized spacial score (nSPS) is 22.9. The van der Waals surface area contributed by atoms with E-state index < -0.39 is 0 Å². The molecule has 0 spiro atoms. The minimum atomic E-state index is 0.499. The maximum atomic E-state index is 3.73. The fourth-order valence-electron chi connectivity index (χ4n) is 4.17. The second-order valence-electron chi connectivity index (χ2n) is 7.01. The smallest absolute Gasteiger partial charge is 0.0488 e. The zero-order valence-corrected chi connectivity index (χ0v) is 13.6. The van der Waals surface area contributed by atoms with Gasteiger partial charge in [-0.2, -0.15) is 0 Å². The second-order valence-corrected chi connectivity index (χ2v) is 7.01. The molecule has 1 atom stereocenters. The first-order valence-corrected chi connectivity index (χ1v) is 8.88. The number of aryl methyl sites for hydroxylation is 1. The third-order valence-corrected chi connectivity index (χ3v) is 5.39. The summed E-state index contributed by atoms with van der Waals surface area (Å²) in [4.78, 5) is 6.36. The molecule has 0 amide bonds. The zero-order valence-electron chi connectivity index (χ0n) is 13.6. The maximum absolute atomic E-state index is 3.73. The van der Waals surface area contributed by atoms with E-state index in [2.05, 4.69) is 40.3 Å². The summed E-state index contributed by atoms with van der Waals surface area (Å²) >= 11 is 0. The highest BCUT2D eigenvalue weighted by Crippen LogP contribution is 2.32. The van der Waals surface area contributed by atoms with Crippen molar-refractivity contribution in [3.63, 3.8) is 0 Å². The van der Waals surface area contributed by atoms with Crippen LogP contribution in [0.15, 0.2) is 18.2 Å². The predicted molar refractivity (Wildman–Crippen MR) is 92.4 cm³/mol. The van der Waals surface area contributed by atoms with Gasteiger partial charge in [-0.1, -0.05) is 18.6 Å². The average Bonchev–Trinajstić information content (AvgIpc) is 2.92. The molecule has 0 saturated carbocycles. The molecule has 22 heavy (non-hydrogen) atoms. The van der Waals surface area contributed by atoms with Gasteiger partial charge in [0.2, 0.25) is 0 Å². The number of aromatic nitrogens is 1. The van der Waals surface area contributed by atoms with Gasteiger partial charge in [-0.05, 0) is 76.0 Å². The van der Waals surface area contributed by atoms with Crippen molar-refractivity contribution in [1.82, 2.24) is 15.2 Å². The minimum Gasteiger partial charge on any atom is -0.357 e. The molecule has 2 aliphatic rings. The molecule has 1 saturated heterocycles. The van der Waals surface area contributed by atoms with Crippen LogP contribution in [0.25, 0.3) is 10.9 Å². The van der Waals surface area contributed by atoms with Crippen LogP contribution in [0.4, 0.5) is 0 Å². The van der Waals surface area contributed by atoms with Crippen molar-refractivity contribution in [2.75, 3.05) is 26.2 Å². The van der Waals surface area contributed by atoms with Gasteiger partial charge >= 0.3 is 0 Å². The number of nitrogens with zero attached hydrogens (tertiary/aromatic N) is 1. The van der Waals surface area contributed by atoms with Crippen LogP contribution in [0.3, 0.4) is 0 Å². The number of benzene rings is 1. The summed E-state index contributed by atoms with van der Waals surface area (Å²) < 4.78 is 0. The molecule has 1 aromatic heterocycles. The molecule has 0 aliphatic carbocycles. The summed E-state index contributed by atoms with van der Waals surface area (Å²) in [7, 11) is 0. The SMILES string of the molecule is Cc1ccc2c3c([nH]c2c1)[C@H](CCN1CCCCC1)NCC3. The molecular formula is C19H27N3. The Balaban J connectivity index is 1.54. The van der Waals surface area contributed by atoms with Crippen molar-refractivity contribution < 1.29 is 0 Å². The van der Waals surface area contributed by atoms with Crippen molar-refractivity contribution in [3.8, 4) is 0 Å². The molecule has 3 heteroatoms. The largest absolute Gasteiger partial charge is 0.357 e. The van der Waals surface area contributed by atoms with Crippen molar-refractivity contribution in [2.24, 2.45) is 0 Å². The molecule has 0 unspecified atom stereocenters. The van der Waals surface area contributed by atoms with Crippen LogP contribution in [-0.4, -0.2) is 36.1 Å². The Morgan fingerprint density at radius 2 is 2.05 bits per heavy atom. The molecule has 1 fully saturated rings. The van der Waals surface area contributed by atoms with Crippen molar-refractivity contribution in [2.45, 2.75) is 45.1 Å². The Hall–Kier alpha value is -1.32. The summed E-state index contributed by atoms with van der Waals surface area (Å²) in [6.45, 7) is 7.10. The summed E-state index contributed by atoms with van der Waals surface area (Å²) in [6.07, 6.45) is 6.56. The number of hydrogen-bond donors (Lipinski definition) is 2. The van der Waals surface area contributed by atoms with Gasteiger partial charge in [0.15, 0.2) is 0 Å². The molecule has 1 aromatic carbocycles. The Labute approximate surface area is 133 Å². The quantitative estimate of drug-likeness (QED) is 0.908. The highest BCUT2D eigenvalue weighted by Gasteiger charge is 2.24. The summed E-state index contributed by atoms with van der Waals surface area (Å²) in [5, 5.41) is 5.17. The summed E-state index contributed by atoms with van der Waals surface area (Å²) in [5.41, 5.74) is 5.65. The third kappa shape index (κ3) is 2.68. The number of hydrogen-bond acceptors (Lipinski definition) is 2. The van der Waals surface area contributed by atoms with Crippen LogP contribution < -0.4 is 5.32 Å². The lowest BCUT2D eigenvalue weighted by molar-refractivity contribution is 0.215. The number of fused-ring (bicyclic) bond motifs is 3. The third-order valence-electron chi connectivity index (χ3n) is 5.39. The number of H-pyrrole nitrogens is 1. The van der Waals surface area contributed by atoms with Crippen LogP contribution in [0.2, 0.25) is 0 Å². The topological polar surface area (TPSA) is 31.1 Å². The lowest BCUT2D eigenvalue weighted by Crippen LogP contribution is -2.35. The van der Waals surface area contributed by atoms with Crippen LogP contribution in [0.1, 0.15) is 48.5 Å². The Bertz CT molecular complexity index is 652. The standard InChI is InChI=1S/C19H27N3/c1-14-5-6-15-16-7-9-20-17(19(16)21-18(15)13-14)8-12-22-10-3-2-4-11-22/h5-6,13,17,20-21H,2-4,7-12H2,1H3/t17-/m0/s1. The minimum absolute atomic E-state index is 0.499. The monoisotopic (exact) mass is 297 g/mol. The number of piperidine rings is 1. The van der Waals surface area contributed by atoms with E-state index in [1.165, 1.54) is 67.5 Å². The van der Waals surface area contributed by atoms with Gasteiger partial charge < -0.3 is 15.2 Å². The van der Waals surface area contributed by atoms with E-state index in [1.54, 1.807) is 5.56 Å². The van der Waals surface area contributed by atoms with E-state index in [0.717, 1.165) is 13.0 Å². The van der Waals surface area contributed by atoms with Gasteiger partial charge in [0.05, 0.1) is 0 Å². The molecule has 2 N–H and O–H groups in total. The lowest BCUT2D eigenvalue weighted by Gasteiger charge is -2.30. The van der Waals surface area contributed by atoms with Crippen LogP contribution in [-0.2, 0) is 6.42 Å². The Morgan fingerprint density at radius 3 is 2.91 bits per heavy atom. The summed E-state index contributed by atoms with van der Waals surface area (Å²) in [5.74, 6) is 0. The van der Waals surface area contributed by atoms with Crippen molar-refractivity contribution >= 4 is 10.9 Å². The van der Waals surface area contributed by atoms with Crippen LogP contribution in [0.5, 0.6) is 0 Å². The van der Waals surface area contributed by atoms with E-state index in [0.29, 0.717) is 6.04 Å². The number of likely N-dealkylation sites (tertiary alicyclic amines) is 1. The Morgan fingerprint density at radius 1 is 1.18 bits per heavy atom. The molecule has 3 heterocycles. The molecule has 2 aromatic rings. The van der Waals surface area contributed by atoms with Crippen molar-refractivity contribution in [1.29, 1.82) is 0 Å². The molecule has 0 bridgehead atoms. The van der Waals surface area contributed by atoms with E-state index in [9.17, 15) is 0 Å².